The molecule has 12 heteroatoms. The van der Waals surface area contributed by atoms with Crippen LogP contribution in [0.2, 0.25) is 0 Å². The van der Waals surface area contributed by atoms with Crippen molar-refractivity contribution in [3.8, 4) is 0 Å². The lowest BCUT2D eigenvalue weighted by Gasteiger charge is -2.35. The van der Waals surface area contributed by atoms with Crippen LogP contribution in [0, 0.1) is 0 Å². The molecule has 0 aromatic rings. The van der Waals surface area contributed by atoms with Crippen LogP contribution in [0.1, 0.15) is 13.8 Å². The fourth-order valence-electron chi connectivity index (χ4n) is 2.58. The standard InChI is InChI=1S/C16H34N4O6S2/c1-15(2)26-12-14-28(23,24)20-8-6-19(7-9-20)16(17-3)18-5-10-25-11-13-27(4,21)22/h15H,5-14H2,1-4H3,(H,17,18). The van der Waals surface area contributed by atoms with Gasteiger partial charge in [-0.2, -0.15) is 4.31 Å². The molecular weight excluding hydrogens is 408 g/mol. The van der Waals surface area contributed by atoms with Crippen molar-refractivity contribution < 1.29 is 26.3 Å². The van der Waals surface area contributed by atoms with Gasteiger partial charge in [0.2, 0.25) is 10.0 Å². The number of rotatable bonds is 11. The fourth-order valence-corrected chi connectivity index (χ4v) is 4.28. The maximum Gasteiger partial charge on any atom is 0.216 e. The van der Waals surface area contributed by atoms with E-state index < -0.39 is 19.9 Å². The molecule has 28 heavy (non-hydrogen) atoms. The zero-order valence-electron chi connectivity index (χ0n) is 17.3. The van der Waals surface area contributed by atoms with E-state index >= 15 is 0 Å². The summed E-state index contributed by atoms with van der Waals surface area (Å²) >= 11 is 0. The average molecular weight is 443 g/mol. The van der Waals surface area contributed by atoms with E-state index in [0.717, 1.165) is 0 Å². The van der Waals surface area contributed by atoms with E-state index in [2.05, 4.69) is 10.3 Å². The third-order valence-electron chi connectivity index (χ3n) is 4.06. The third kappa shape index (κ3) is 10.0. The Balaban J connectivity index is 2.34. The molecular formula is C16H34N4O6S2. The molecule has 1 aliphatic rings. The molecule has 10 nitrogen and oxygen atoms in total. The van der Waals surface area contributed by atoms with Gasteiger partial charge in [0, 0.05) is 46.0 Å². The van der Waals surface area contributed by atoms with E-state index in [9.17, 15) is 16.8 Å². The highest BCUT2D eigenvalue weighted by Gasteiger charge is 2.27. The second kappa shape index (κ2) is 11.9. The molecule has 1 rings (SSSR count). The molecule has 0 bridgehead atoms. The van der Waals surface area contributed by atoms with Gasteiger partial charge in [-0.3, -0.25) is 4.99 Å². The monoisotopic (exact) mass is 442 g/mol. The summed E-state index contributed by atoms with van der Waals surface area (Å²) in [4.78, 5) is 6.21. The highest BCUT2D eigenvalue weighted by atomic mass is 32.2. The van der Waals surface area contributed by atoms with Gasteiger partial charge < -0.3 is 19.7 Å². The molecule has 1 N–H and O–H groups in total. The van der Waals surface area contributed by atoms with Gasteiger partial charge in [0.05, 0.1) is 37.4 Å². The summed E-state index contributed by atoms with van der Waals surface area (Å²) in [7, 11) is -4.67. The molecule has 1 heterocycles. The molecule has 0 amide bonds. The Morgan fingerprint density at radius 2 is 1.68 bits per heavy atom. The fraction of sp³-hybridized carbons (Fsp3) is 0.938. The van der Waals surface area contributed by atoms with E-state index in [1.54, 1.807) is 7.05 Å². The molecule has 1 fully saturated rings. The lowest BCUT2D eigenvalue weighted by molar-refractivity contribution is 0.0904. The molecule has 0 spiro atoms. The first-order valence-corrected chi connectivity index (χ1v) is 13.0. The minimum Gasteiger partial charge on any atom is -0.379 e. The summed E-state index contributed by atoms with van der Waals surface area (Å²) in [5, 5.41) is 3.15. The first-order valence-electron chi connectivity index (χ1n) is 9.35. The Morgan fingerprint density at radius 3 is 2.21 bits per heavy atom. The van der Waals surface area contributed by atoms with Crippen molar-refractivity contribution in [2.45, 2.75) is 20.0 Å². The summed E-state index contributed by atoms with van der Waals surface area (Å²) in [6, 6.07) is 0. The van der Waals surface area contributed by atoms with E-state index in [-0.39, 0.29) is 30.8 Å². The minimum atomic E-state index is -3.32. The van der Waals surface area contributed by atoms with E-state index in [0.29, 0.717) is 45.3 Å². The van der Waals surface area contributed by atoms with Crippen LogP contribution in [0.4, 0.5) is 0 Å². The van der Waals surface area contributed by atoms with Crippen molar-refractivity contribution in [3.05, 3.63) is 0 Å². The van der Waals surface area contributed by atoms with Crippen molar-refractivity contribution >= 4 is 25.8 Å². The van der Waals surface area contributed by atoms with Crippen LogP contribution < -0.4 is 5.32 Å². The van der Waals surface area contributed by atoms with Crippen LogP contribution >= 0.6 is 0 Å². The minimum absolute atomic E-state index is 0.000363. The van der Waals surface area contributed by atoms with Gasteiger partial charge in [-0.15, -0.1) is 0 Å². The number of ether oxygens (including phenoxy) is 2. The normalized spacial score (nSPS) is 17.3. The van der Waals surface area contributed by atoms with Gasteiger partial charge in [0.15, 0.2) is 5.96 Å². The lowest BCUT2D eigenvalue weighted by atomic mass is 10.4. The Labute approximate surface area is 169 Å². The number of sulfone groups is 1. The van der Waals surface area contributed by atoms with Crippen LogP contribution in [0.5, 0.6) is 0 Å². The second-order valence-electron chi connectivity index (χ2n) is 6.84. The number of hydrogen-bond acceptors (Lipinski definition) is 7. The highest BCUT2D eigenvalue weighted by Crippen LogP contribution is 2.09. The molecule has 0 aromatic heterocycles. The van der Waals surface area contributed by atoms with Crippen molar-refractivity contribution in [2.75, 3.05) is 77.4 Å². The van der Waals surface area contributed by atoms with E-state index in [4.69, 9.17) is 9.47 Å². The first-order chi connectivity index (χ1) is 13.0. The molecule has 0 unspecified atom stereocenters. The summed E-state index contributed by atoms with van der Waals surface area (Å²) < 4.78 is 59.0. The number of sulfonamides is 1. The van der Waals surface area contributed by atoms with Crippen LogP contribution in [0.15, 0.2) is 4.99 Å². The topological polar surface area (TPSA) is 118 Å². The second-order valence-corrected chi connectivity index (χ2v) is 11.2. The molecule has 0 aliphatic carbocycles. The maximum atomic E-state index is 12.4. The van der Waals surface area contributed by atoms with Crippen LogP contribution in [0.25, 0.3) is 0 Å². The third-order valence-corrected chi connectivity index (χ3v) is 6.81. The predicted octanol–water partition coefficient (Wildman–Crippen LogP) is -1.00. The number of nitrogens with one attached hydrogen (secondary N) is 1. The van der Waals surface area contributed by atoms with Crippen molar-refractivity contribution in [3.63, 3.8) is 0 Å². The Bertz CT molecular complexity index is 686. The van der Waals surface area contributed by atoms with Crippen LogP contribution in [-0.4, -0.2) is 115 Å². The SMILES string of the molecule is CN=C(NCCOCCS(C)(=O)=O)N1CCN(S(=O)(=O)CCOC(C)C)CC1. The number of guanidine groups is 1. The average Bonchev–Trinajstić information content (AvgIpc) is 2.60. The summed E-state index contributed by atoms with van der Waals surface area (Å²) in [6.07, 6.45) is 1.19. The molecule has 0 radical (unpaired) electrons. The number of piperazine rings is 1. The quantitative estimate of drug-likeness (QED) is 0.246. The van der Waals surface area contributed by atoms with Crippen LogP contribution in [-0.2, 0) is 29.3 Å². The first kappa shape index (κ1) is 25.1. The molecule has 0 saturated carbocycles. The molecule has 0 aromatic carbocycles. The maximum absolute atomic E-state index is 12.4. The Hall–Kier alpha value is -0.950. The van der Waals surface area contributed by atoms with E-state index in [1.807, 2.05) is 18.7 Å². The molecule has 166 valence electrons. The van der Waals surface area contributed by atoms with Gasteiger partial charge in [0.1, 0.15) is 9.84 Å². The van der Waals surface area contributed by atoms with Crippen molar-refractivity contribution in [1.29, 1.82) is 0 Å². The summed E-state index contributed by atoms with van der Waals surface area (Å²) in [5.74, 6) is 0.662. The highest BCUT2D eigenvalue weighted by molar-refractivity contribution is 7.90. The zero-order chi connectivity index (χ0) is 21.2. The van der Waals surface area contributed by atoms with Gasteiger partial charge in [-0.25, -0.2) is 16.8 Å². The summed E-state index contributed by atoms with van der Waals surface area (Å²) in [6.45, 7) is 6.84. The number of nitrogens with zero attached hydrogens (tertiary/aromatic N) is 3. The van der Waals surface area contributed by atoms with Gasteiger partial charge >= 0.3 is 0 Å². The summed E-state index contributed by atoms with van der Waals surface area (Å²) in [5.41, 5.74) is 0. The van der Waals surface area contributed by atoms with Crippen molar-refractivity contribution in [1.82, 2.24) is 14.5 Å². The Kier molecular flexibility index (Phi) is 10.7. The molecule has 1 saturated heterocycles. The lowest BCUT2D eigenvalue weighted by Crippen LogP contribution is -2.54. The van der Waals surface area contributed by atoms with Crippen molar-refractivity contribution in [2.24, 2.45) is 4.99 Å². The molecule has 0 atom stereocenters. The van der Waals surface area contributed by atoms with Gasteiger partial charge in [-0.05, 0) is 13.8 Å². The zero-order valence-corrected chi connectivity index (χ0v) is 18.9. The number of hydrogen-bond donors (Lipinski definition) is 1. The largest absolute Gasteiger partial charge is 0.379 e. The van der Waals surface area contributed by atoms with Crippen LogP contribution in [0.3, 0.4) is 0 Å². The van der Waals surface area contributed by atoms with E-state index in [1.165, 1.54) is 10.6 Å². The van der Waals surface area contributed by atoms with Gasteiger partial charge in [0.25, 0.3) is 0 Å². The number of aliphatic imine (C=N–C) groups is 1. The molecule has 1 aliphatic heterocycles. The smallest absolute Gasteiger partial charge is 0.216 e. The van der Waals surface area contributed by atoms with Gasteiger partial charge in [-0.1, -0.05) is 0 Å². The Morgan fingerprint density at radius 1 is 1.04 bits per heavy atom. The predicted molar refractivity (Wildman–Crippen MR) is 110 cm³/mol.